The van der Waals surface area contributed by atoms with Gasteiger partial charge in [-0.05, 0) is 127 Å². The standard InChI is InChI=1S/C76H48N12O/c1-2-57-62-42-52(73-80-45-78-71(82-73)47-18-9-5-10-19-47)32-35-65(62)88(68(57)38-39-77)56-27-15-24-50(40-56)58-28-13-14-29-60-61-31-17-30-59(70(61)89-69(58)60)51-25-16-26-55(41-51)87-66-36-33-53(74-81-46-79-72(83-74)48-20-11-6-12-21-48)43-63(66)64-44-54(34-37-67(64)87)76-84-75(85-86-76)49-22-7-3-4-8-23-49/h2-22,24-27,29-46H,1,77H2,(H,84,85,86)/b39-38-. The van der Waals surface area contributed by atoms with Crippen LogP contribution >= 0.6 is 0 Å². The number of H-pyrrole nitrogens is 1. The summed E-state index contributed by atoms with van der Waals surface area (Å²) in [6, 6.07) is 62.4. The molecule has 0 atom stereocenters. The van der Waals surface area contributed by atoms with Crippen molar-refractivity contribution in [2.45, 2.75) is 0 Å². The van der Waals surface area contributed by atoms with Crippen LogP contribution in [-0.2, 0) is 0 Å². The number of benzene rings is 8. The molecule has 0 spiro atoms. The van der Waals surface area contributed by atoms with Crippen LogP contribution in [0.25, 0.3) is 152 Å². The third-order valence-corrected chi connectivity index (χ3v) is 16.2. The minimum atomic E-state index is 0.560. The lowest BCUT2D eigenvalue weighted by Gasteiger charge is -2.12. The second kappa shape index (κ2) is 21.8. The molecule has 0 fully saturated rings. The summed E-state index contributed by atoms with van der Waals surface area (Å²) in [7, 11) is 0. The first-order valence-corrected chi connectivity index (χ1v) is 28.9. The molecule has 2 aliphatic carbocycles. The number of hydrogen-bond acceptors (Lipinski definition) is 10. The van der Waals surface area contributed by atoms with Crippen LogP contribution in [0.15, 0.2) is 266 Å². The Labute approximate surface area is 509 Å². The van der Waals surface area contributed by atoms with E-state index in [1.807, 2.05) is 121 Å². The number of hydrogen-bond donors (Lipinski definition) is 2. The van der Waals surface area contributed by atoms with Gasteiger partial charge in [0.15, 0.2) is 40.7 Å². The maximum Gasteiger partial charge on any atom is 0.189 e. The van der Waals surface area contributed by atoms with Crippen LogP contribution in [0.4, 0.5) is 0 Å². The molecule has 89 heavy (non-hydrogen) atoms. The molecule has 0 amide bonds. The van der Waals surface area contributed by atoms with Gasteiger partial charge in [-0.3, -0.25) is 5.10 Å². The molecule has 0 aliphatic heterocycles. The summed E-state index contributed by atoms with van der Waals surface area (Å²) in [6.45, 7) is 4.27. The Balaban J connectivity index is 0.784. The number of nitrogens with one attached hydrogen (secondary N) is 1. The fraction of sp³-hybridized carbons (Fsp3) is 0. The molecule has 0 bridgehead atoms. The highest BCUT2D eigenvalue weighted by molar-refractivity contribution is 6.12. The predicted octanol–water partition coefficient (Wildman–Crippen LogP) is 16.8. The average Bonchev–Trinajstić information content (AvgIpc) is 1.86. The lowest BCUT2D eigenvalue weighted by atomic mass is 9.98. The van der Waals surface area contributed by atoms with Crippen LogP contribution in [0.3, 0.4) is 0 Å². The van der Waals surface area contributed by atoms with Crippen LogP contribution < -0.4 is 5.73 Å². The smallest absolute Gasteiger partial charge is 0.189 e. The monoisotopic (exact) mass is 1140 g/mol. The van der Waals surface area contributed by atoms with Crippen molar-refractivity contribution in [3.63, 3.8) is 0 Å². The number of furan rings is 1. The van der Waals surface area contributed by atoms with Gasteiger partial charge >= 0.3 is 0 Å². The van der Waals surface area contributed by atoms with E-state index in [1.165, 1.54) is 0 Å². The van der Waals surface area contributed by atoms with Crippen molar-refractivity contribution in [3.05, 3.63) is 295 Å². The number of fused-ring (bicyclic) bond motifs is 7. The molecule has 6 aromatic heterocycles. The summed E-state index contributed by atoms with van der Waals surface area (Å²) in [4.78, 5) is 33.1. The van der Waals surface area contributed by atoms with Crippen molar-refractivity contribution < 1.29 is 4.42 Å². The Kier molecular flexibility index (Phi) is 12.7. The Morgan fingerprint density at radius 3 is 1.78 bits per heavy atom. The summed E-state index contributed by atoms with van der Waals surface area (Å²) in [5.41, 5.74) is 30.3. The minimum absolute atomic E-state index is 0.560. The average molecular weight is 1150 g/mol. The van der Waals surface area contributed by atoms with E-state index in [1.54, 1.807) is 18.9 Å². The van der Waals surface area contributed by atoms with E-state index >= 15 is 0 Å². The molecule has 13 nitrogen and oxygen atoms in total. The molecule has 2 aliphatic rings. The number of allylic oxidation sites excluding steroid dienone is 7. The van der Waals surface area contributed by atoms with Crippen molar-refractivity contribution in [2.24, 2.45) is 5.73 Å². The number of para-hydroxylation sites is 1. The van der Waals surface area contributed by atoms with E-state index < -0.39 is 0 Å². The Hall–Kier alpha value is -12.7. The summed E-state index contributed by atoms with van der Waals surface area (Å²) in [5, 5.41) is 11.8. The quantitative estimate of drug-likeness (QED) is 0.112. The van der Waals surface area contributed by atoms with E-state index in [2.05, 4.69) is 179 Å². The normalized spacial score (nSPS) is 12.8. The molecule has 0 saturated carbocycles. The molecule has 14 aromatic rings. The van der Waals surface area contributed by atoms with E-state index in [-0.39, 0.29) is 0 Å². The molecule has 418 valence electrons. The van der Waals surface area contributed by atoms with Gasteiger partial charge in [0.1, 0.15) is 18.2 Å². The van der Waals surface area contributed by atoms with Gasteiger partial charge in [-0.25, -0.2) is 34.9 Å². The molecular weight excluding hydrogens is 1100 g/mol. The second-order valence-corrected chi connectivity index (χ2v) is 21.4. The number of nitrogens with zero attached hydrogens (tertiary/aromatic N) is 10. The van der Waals surface area contributed by atoms with Crippen LogP contribution in [0.2, 0.25) is 0 Å². The topological polar surface area (TPSA) is 168 Å². The summed E-state index contributed by atoms with van der Waals surface area (Å²) < 4.78 is 11.7. The maximum absolute atomic E-state index is 7.19. The zero-order valence-electron chi connectivity index (χ0n) is 47.5. The summed E-state index contributed by atoms with van der Waals surface area (Å²) in [5.74, 6) is 4.26. The van der Waals surface area contributed by atoms with E-state index in [9.17, 15) is 0 Å². The highest BCUT2D eigenvalue weighted by Crippen LogP contribution is 2.43. The lowest BCUT2D eigenvalue weighted by Crippen LogP contribution is -1.99. The molecule has 3 N–H and O–H groups in total. The zero-order chi connectivity index (χ0) is 59.4. The van der Waals surface area contributed by atoms with Crippen molar-refractivity contribution in [1.82, 2.24) is 54.2 Å². The molecular formula is C76H48N12O. The fourth-order valence-electron chi connectivity index (χ4n) is 12.1. The van der Waals surface area contributed by atoms with E-state index in [0.29, 0.717) is 40.7 Å². The van der Waals surface area contributed by atoms with Gasteiger partial charge in [0.05, 0.1) is 33.4 Å². The summed E-state index contributed by atoms with van der Waals surface area (Å²) >= 11 is 0. The van der Waals surface area contributed by atoms with Gasteiger partial charge < -0.3 is 19.3 Å². The molecule has 16 rings (SSSR count). The number of rotatable bonds is 12. The second-order valence-electron chi connectivity index (χ2n) is 21.4. The SMILES string of the molecule is C=Cc1c(/C=C\N)n(-c2cccc(C3=C=CC=Cc4c3oc3c(-c5cccc(-n6c7ccc(-c8ncnc(-c9ccccc9)n8)cc7c7cc(-c8nc(C9=C=CC=CC=C9)n[nH]8)ccc76)c5)cccc43)c2)c2ccc(-c3ncnc(-c4ccccc4)n3)cc12. The van der Waals surface area contributed by atoms with Crippen molar-refractivity contribution in [1.29, 1.82) is 0 Å². The van der Waals surface area contributed by atoms with E-state index in [0.717, 1.165) is 128 Å². The third kappa shape index (κ3) is 9.16. The van der Waals surface area contributed by atoms with Crippen LogP contribution in [0.5, 0.6) is 0 Å². The van der Waals surface area contributed by atoms with Gasteiger partial charge in [-0.1, -0.05) is 140 Å². The predicted molar refractivity (Wildman–Crippen MR) is 356 cm³/mol. The van der Waals surface area contributed by atoms with Gasteiger partial charge in [0.2, 0.25) is 0 Å². The number of nitrogens with two attached hydrogens (primary N) is 1. The number of aromatic nitrogens is 11. The molecule has 13 heteroatoms. The fourth-order valence-corrected chi connectivity index (χ4v) is 12.1. The van der Waals surface area contributed by atoms with Gasteiger partial charge in [-0.15, -0.1) is 11.5 Å². The number of aromatic amines is 1. The highest BCUT2D eigenvalue weighted by Gasteiger charge is 2.24. The Bertz CT molecular complexity index is 5500. The molecule has 0 radical (unpaired) electrons. The lowest BCUT2D eigenvalue weighted by molar-refractivity contribution is 0.600. The van der Waals surface area contributed by atoms with Crippen LogP contribution in [-0.4, -0.2) is 54.2 Å². The Morgan fingerprint density at radius 1 is 0.483 bits per heavy atom. The first-order chi connectivity index (χ1) is 44.0. The van der Waals surface area contributed by atoms with Crippen molar-refractivity contribution >= 4 is 73.1 Å². The van der Waals surface area contributed by atoms with Gasteiger partial charge in [-0.2, -0.15) is 5.10 Å². The highest BCUT2D eigenvalue weighted by atomic mass is 16.3. The van der Waals surface area contributed by atoms with Crippen molar-refractivity contribution in [3.8, 4) is 79.4 Å². The first-order valence-electron chi connectivity index (χ1n) is 28.9. The molecule has 0 unspecified atom stereocenters. The van der Waals surface area contributed by atoms with E-state index in [4.69, 9.17) is 25.1 Å². The molecule has 8 aromatic carbocycles. The molecule has 0 saturated heterocycles. The largest absolute Gasteiger partial charge is 0.454 e. The Morgan fingerprint density at radius 2 is 1.08 bits per heavy atom. The van der Waals surface area contributed by atoms with Crippen LogP contribution in [0.1, 0.15) is 34.0 Å². The summed E-state index contributed by atoms with van der Waals surface area (Å²) in [6.07, 6.45) is 24.2. The minimum Gasteiger partial charge on any atom is -0.454 e. The van der Waals surface area contributed by atoms with Crippen molar-refractivity contribution in [2.75, 3.05) is 0 Å². The molecule has 6 heterocycles. The van der Waals surface area contributed by atoms with Crippen LogP contribution in [0, 0.1) is 0 Å². The maximum atomic E-state index is 7.19. The third-order valence-electron chi connectivity index (χ3n) is 16.2. The first kappa shape index (κ1) is 51.9. The zero-order valence-corrected chi connectivity index (χ0v) is 47.5. The van der Waals surface area contributed by atoms with Gasteiger partial charge in [0.25, 0.3) is 0 Å². The van der Waals surface area contributed by atoms with Gasteiger partial charge in [0, 0.05) is 77.4 Å².